The molecule has 1 aromatic heterocycles. The van der Waals surface area contributed by atoms with Gasteiger partial charge in [-0.25, -0.2) is 4.98 Å². The molecule has 1 fully saturated rings. The number of nitrogens with zero attached hydrogens (tertiary/aromatic N) is 2. The third-order valence-electron chi connectivity index (χ3n) is 5.04. The number of amides is 2. The Morgan fingerprint density at radius 3 is 2.30 bits per heavy atom. The molecule has 1 aliphatic heterocycles. The number of aryl methyl sites for hydroxylation is 2. The number of carbonyl (C=O) groups excluding carboxylic acids is 2. The van der Waals surface area contributed by atoms with Crippen molar-refractivity contribution in [3.63, 3.8) is 0 Å². The molecule has 1 saturated heterocycles. The Kier molecular flexibility index (Phi) is 5.86. The minimum Gasteiger partial charge on any atom is -0.341 e. The molecular formula is C21H26N4O2. The molecule has 27 heavy (non-hydrogen) atoms. The molecule has 0 radical (unpaired) electrons. The van der Waals surface area contributed by atoms with Crippen LogP contribution in [0.1, 0.15) is 35.6 Å². The van der Waals surface area contributed by atoms with E-state index in [9.17, 15) is 9.59 Å². The predicted molar refractivity (Wildman–Crippen MR) is 105 cm³/mol. The first-order valence-corrected chi connectivity index (χ1v) is 9.28. The fraction of sp³-hybridized carbons (Fsp3) is 0.381. The van der Waals surface area contributed by atoms with E-state index in [1.807, 2.05) is 44.2 Å². The van der Waals surface area contributed by atoms with Crippen molar-refractivity contribution in [1.82, 2.24) is 9.88 Å². The van der Waals surface area contributed by atoms with Crippen LogP contribution in [0.25, 0.3) is 0 Å². The first-order valence-electron chi connectivity index (χ1n) is 9.28. The van der Waals surface area contributed by atoms with E-state index >= 15 is 0 Å². The van der Waals surface area contributed by atoms with Gasteiger partial charge in [0, 0.05) is 25.2 Å². The predicted octanol–water partition coefficient (Wildman–Crippen LogP) is 2.58. The van der Waals surface area contributed by atoms with Gasteiger partial charge in [0.15, 0.2) is 0 Å². The van der Waals surface area contributed by atoms with E-state index in [1.165, 1.54) is 0 Å². The third kappa shape index (κ3) is 4.71. The first kappa shape index (κ1) is 19.0. The molecule has 0 aliphatic carbocycles. The molecule has 1 aliphatic rings. The van der Waals surface area contributed by atoms with Crippen molar-refractivity contribution in [2.24, 2.45) is 11.7 Å². The number of piperidine rings is 1. The normalized spacial score (nSPS) is 16.0. The number of aromatic nitrogens is 1. The number of rotatable bonds is 4. The molecule has 0 saturated carbocycles. The average Bonchev–Trinajstić information content (AvgIpc) is 2.69. The van der Waals surface area contributed by atoms with Crippen molar-refractivity contribution < 1.29 is 9.59 Å². The van der Waals surface area contributed by atoms with Crippen LogP contribution in [0.15, 0.2) is 42.6 Å². The van der Waals surface area contributed by atoms with Crippen molar-refractivity contribution in [2.45, 2.75) is 32.7 Å². The number of benzene rings is 1. The van der Waals surface area contributed by atoms with E-state index < -0.39 is 6.04 Å². The highest BCUT2D eigenvalue weighted by Crippen LogP contribution is 2.22. The zero-order valence-electron chi connectivity index (χ0n) is 15.8. The van der Waals surface area contributed by atoms with Gasteiger partial charge in [0.1, 0.15) is 11.9 Å². The van der Waals surface area contributed by atoms with Gasteiger partial charge < -0.3 is 16.0 Å². The molecule has 1 aromatic carbocycles. The largest absolute Gasteiger partial charge is 0.341 e. The highest BCUT2D eigenvalue weighted by molar-refractivity contribution is 5.92. The van der Waals surface area contributed by atoms with Crippen molar-refractivity contribution in [1.29, 1.82) is 0 Å². The van der Waals surface area contributed by atoms with Gasteiger partial charge in [0.2, 0.25) is 11.8 Å². The number of likely N-dealkylation sites (tertiary alicyclic amines) is 1. The molecule has 1 unspecified atom stereocenters. The van der Waals surface area contributed by atoms with Crippen LogP contribution in [-0.4, -0.2) is 34.8 Å². The number of pyridine rings is 1. The number of hydrogen-bond acceptors (Lipinski definition) is 4. The van der Waals surface area contributed by atoms with Crippen LogP contribution in [0.4, 0.5) is 5.82 Å². The maximum absolute atomic E-state index is 12.7. The summed E-state index contributed by atoms with van der Waals surface area (Å²) in [6, 6.07) is 10.8. The van der Waals surface area contributed by atoms with E-state index in [-0.39, 0.29) is 17.7 Å². The van der Waals surface area contributed by atoms with E-state index in [2.05, 4.69) is 10.3 Å². The molecule has 3 N–H and O–H groups in total. The molecule has 1 atom stereocenters. The third-order valence-corrected chi connectivity index (χ3v) is 5.04. The topological polar surface area (TPSA) is 88.3 Å². The van der Waals surface area contributed by atoms with Crippen molar-refractivity contribution >= 4 is 17.6 Å². The lowest BCUT2D eigenvalue weighted by Crippen LogP contribution is -2.45. The standard InChI is InChI=1S/C21H26N4O2/c1-14-3-6-16(7-4-14)19(22)21(27)25-11-9-17(10-12-25)20(26)24-18-8-5-15(2)13-23-18/h3-8,13,17,19H,9-12,22H2,1-2H3,(H,23,24,26). The Morgan fingerprint density at radius 2 is 1.70 bits per heavy atom. The summed E-state index contributed by atoms with van der Waals surface area (Å²) in [5.41, 5.74) is 9.14. The van der Waals surface area contributed by atoms with Gasteiger partial charge in [-0.1, -0.05) is 35.9 Å². The van der Waals surface area contributed by atoms with E-state index in [4.69, 9.17) is 5.73 Å². The highest BCUT2D eigenvalue weighted by Gasteiger charge is 2.30. The van der Waals surface area contributed by atoms with Gasteiger partial charge in [0.25, 0.3) is 0 Å². The lowest BCUT2D eigenvalue weighted by atomic mass is 9.95. The monoisotopic (exact) mass is 366 g/mol. The molecule has 142 valence electrons. The van der Waals surface area contributed by atoms with Gasteiger partial charge in [0.05, 0.1) is 0 Å². The summed E-state index contributed by atoms with van der Waals surface area (Å²) in [5.74, 6) is 0.317. The number of nitrogens with one attached hydrogen (secondary N) is 1. The summed E-state index contributed by atoms with van der Waals surface area (Å²) >= 11 is 0. The second-order valence-electron chi connectivity index (χ2n) is 7.20. The molecule has 0 bridgehead atoms. The van der Waals surface area contributed by atoms with E-state index in [1.54, 1.807) is 17.2 Å². The van der Waals surface area contributed by atoms with Gasteiger partial charge >= 0.3 is 0 Å². The van der Waals surface area contributed by atoms with Crippen LogP contribution >= 0.6 is 0 Å². The Labute approximate surface area is 159 Å². The number of nitrogens with two attached hydrogens (primary N) is 1. The zero-order valence-corrected chi connectivity index (χ0v) is 15.8. The average molecular weight is 366 g/mol. The van der Waals surface area contributed by atoms with Gasteiger partial charge in [-0.2, -0.15) is 0 Å². The summed E-state index contributed by atoms with van der Waals surface area (Å²) in [6.07, 6.45) is 2.98. The Balaban J connectivity index is 1.53. The van der Waals surface area contributed by atoms with E-state index in [0.29, 0.717) is 31.7 Å². The van der Waals surface area contributed by atoms with Crippen LogP contribution in [-0.2, 0) is 9.59 Å². The fourth-order valence-electron chi connectivity index (χ4n) is 3.25. The molecule has 2 heterocycles. The first-order chi connectivity index (χ1) is 12.9. The molecule has 2 amide bonds. The highest BCUT2D eigenvalue weighted by atomic mass is 16.2. The van der Waals surface area contributed by atoms with Crippen molar-refractivity contribution in [3.05, 3.63) is 59.3 Å². The Morgan fingerprint density at radius 1 is 1.07 bits per heavy atom. The summed E-state index contributed by atoms with van der Waals surface area (Å²) in [7, 11) is 0. The van der Waals surface area contributed by atoms with Gasteiger partial charge in [-0.05, 0) is 43.9 Å². The number of anilines is 1. The van der Waals surface area contributed by atoms with Crippen molar-refractivity contribution in [2.75, 3.05) is 18.4 Å². The second kappa shape index (κ2) is 8.31. The van der Waals surface area contributed by atoms with Gasteiger partial charge in [-0.15, -0.1) is 0 Å². The van der Waals surface area contributed by atoms with Crippen LogP contribution in [0.5, 0.6) is 0 Å². The SMILES string of the molecule is Cc1ccc(C(N)C(=O)N2CCC(C(=O)Nc3ccc(C)cn3)CC2)cc1. The minimum atomic E-state index is -0.660. The molecular weight excluding hydrogens is 340 g/mol. The number of hydrogen-bond donors (Lipinski definition) is 2. The van der Waals surface area contributed by atoms with Crippen LogP contribution < -0.4 is 11.1 Å². The minimum absolute atomic E-state index is 0.0405. The van der Waals surface area contributed by atoms with Crippen LogP contribution in [0, 0.1) is 19.8 Å². The maximum atomic E-state index is 12.7. The lowest BCUT2D eigenvalue weighted by Gasteiger charge is -2.33. The van der Waals surface area contributed by atoms with Gasteiger partial charge in [-0.3, -0.25) is 9.59 Å². The molecule has 6 heteroatoms. The summed E-state index contributed by atoms with van der Waals surface area (Å²) in [5, 5.41) is 2.86. The lowest BCUT2D eigenvalue weighted by molar-refractivity contribution is -0.135. The Hall–Kier alpha value is -2.73. The molecule has 3 rings (SSSR count). The number of carbonyl (C=O) groups is 2. The van der Waals surface area contributed by atoms with Crippen LogP contribution in [0.3, 0.4) is 0 Å². The smallest absolute Gasteiger partial charge is 0.244 e. The summed E-state index contributed by atoms with van der Waals surface area (Å²) < 4.78 is 0. The quantitative estimate of drug-likeness (QED) is 0.870. The second-order valence-corrected chi connectivity index (χ2v) is 7.20. The van der Waals surface area contributed by atoms with Crippen LogP contribution in [0.2, 0.25) is 0 Å². The van der Waals surface area contributed by atoms with Crippen molar-refractivity contribution in [3.8, 4) is 0 Å². The molecule has 0 spiro atoms. The zero-order chi connectivity index (χ0) is 19.4. The molecule has 2 aromatic rings. The summed E-state index contributed by atoms with van der Waals surface area (Å²) in [4.78, 5) is 31.1. The Bertz CT molecular complexity index is 794. The van der Waals surface area contributed by atoms with E-state index in [0.717, 1.165) is 16.7 Å². The summed E-state index contributed by atoms with van der Waals surface area (Å²) in [6.45, 7) is 5.03. The fourth-order valence-corrected chi connectivity index (χ4v) is 3.25. The molecule has 6 nitrogen and oxygen atoms in total. The maximum Gasteiger partial charge on any atom is 0.244 e.